The average Bonchev–Trinajstić information content (AvgIpc) is 3.49. The van der Waals surface area contributed by atoms with Crippen molar-refractivity contribution in [2.24, 2.45) is 0 Å². The molecule has 1 amide bonds. The molecule has 2 fully saturated rings. The van der Waals surface area contributed by atoms with Gasteiger partial charge in [-0.2, -0.15) is 5.26 Å². The number of hydrazine groups is 2. The summed E-state index contributed by atoms with van der Waals surface area (Å²) in [7, 11) is 1.57. The lowest BCUT2D eigenvalue weighted by Gasteiger charge is -2.40. The lowest BCUT2D eigenvalue weighted by molar-refractivity contribution is -0.0445. The highest BCUT2D eigenvalue weighted by molar-refractivity contribution is 5.65. The number of carboxylic acid groups (broad SMARTS) is 1. The van der Waals surface area contributed by atoms with Crippen molar-refractivity contribution >= 4 is 6.09 Å². The first-order chi connectivity index (χ1) is 16.9. The molecule has 1 aromatic carbocycles. The summed E-state index contributed by atoms with van der Waals surface area (Å²) >= 11 is 0. The SMILES string of the molecule is Cc1c(C#N)cccc1[C@@H](C)NN1C=CC(CN(C)C(=O)O)=C2C=CN(N3C[C@H]4C[C@@H]3CO4)C=C21. The smallest absolute Gasteiger partial charge is 0.407 e. The van der Waals surface area contributed by atoms with Gasteiger partial charge in [0.1, 0.15) is 0 Å². The van der Waals surface area contributed by atoms with Crippen LogP contribution in [0.15, 0.2) is 65.8 Å². The molecule has 0 radical (unpaired) electrons. The second-order valence-corrected chi connectivity index (χ2v) is 9.42. The van der Waals surface area contributed by atoms with E-state index in [9.17, 15) is 15.2 Å². The van der Waals surface area contributed by atoms with Crippen molar-refractivity contribution in [3.63, 3.8) is 0 Å². The van der Waals surface area contributed by atoms with E-state index in [1.807, 2.05) is 48.6 Å². The van der Waals surface area contributed by atoms with Crippen molar-refractivity contribution in [1.82, 2.24) is 25.4 Å². The van der Waals surface area contributed by atoms with Crippen LogP contribution in [0.3, 0.4) is 0 Å². The molecule has 4 aliphatic heterocycles. The molecule has 0 unspecified atom stereocenters. The second-order valence-electron chi connectivity index (χ2n) is 9.42. The van der Waals surface area contributed by atoms with Gasteiger partial charge in [-0.1, -0.05) is 12.1 Å². The van der Waals surface area contributed by atoms with Crippen LogP contribution < -0.4 is 5.43 Å². The quantitative estimate of drug-likeness (QED) is 0.649. The number of benzene rings is 1. The Morgan fingerprint density at radius 3 is 2.89 bits per heavy atom. The highest BCUT2D eigenvalue weighted by Crippen LogP contribution is 2.35. The van der Waals surface area contributed by atoms with E-state index in [1.165, 1.54) is 4.90 Å². The lowest BCUT2D eigenvalue weighted by atomic mass is 9.98. The van der Waals surface area contributed by atoms with Crippen LogP contribution in [0.2, 0.25) is 0 Å². The third kappa shape index (κ3) is 4.32. The molecule has 0 aliphatic carbocycles. The van der Waals surface area contributed by atoms with Crippen LogP contribution in [-0.2, 0) is 4.74 Å². The summed E-state index contributed by atoms with van der Waals surface area (Å²) in [5, 5.41) is 25.3. The molecule has 4 heterocycles. The minimum absolute atomic E-state index is 0.0612. The molecule has 9 nitrogen and oxygen atoms in total. The maximum absolute atomic E-state index is 11.5. The van der Waals surface area contributed by atoms with Crippen LogP contribution in [0.5, 0.6) is 0 Å². The Hall–Kier alpha value is -3.58. The third-order valence-electron chi connectivity index (χ3n) is 7.15. The first-order valence-electron chi connectivity index (χ1n) is 11.8. The van der Waals surface area contributed by atoms with Crippen molar-refractivity contribution < 1.29 is 14.6 Å². The molecule has 3 atom stereocenters. The zero-order valence-electron chi connectivity index (χ0n) is 20.2. The van der Waals surface area contributed by atoms with Crippen LogP contribution in [0.4, 0.5) is 4.79 Å². The van der Waals surface area contributed by atoms with Crippen LogP contribution in [0.25, 0.3) is 0 Å². The maximum atomic E-state index is 11.5. The number of nitrogens with one attached hydrogen (secondary N) is 1. The Morgan fingerprint density at radius 2 is 2.20 bits per heavy atom. The van der Waals surface area contributed by atoms with Crippen LogP contribution in [-0.4, -0.2) is 70.0 Å². The zero-order valence-corrected chi connectivity index (χ0v) is 20.2. The summed E-state index contributed by atoms with van der Waals surface area (Å²) < 4.78 is 5.78. The van der Waals surface area contributed by atoms with Crippen LogP contribution in [0, 0.1) is 18.3 Å². The number of nitrogens with zero attached hydrogens (tertiary/aromatic N) is 5. The Bertz CT molecular complexity index is 1200. The number of morpholine rings is 1. The summed E-state index contributed by atoms with van der Waals surface area (Å²) in [4.78, 5) is 12.7. The van der Waals surface area contributed by atoms with E-state index in [0.717, 1.165) is 47.5 Å². The topological polar surface area (TPSA) is 95.3 Å². The fraction of sp³-hybridized carbons (Fsp3) is 0.385. The molecule has 2 N–H and O–H groups in total. The molecule has 5 rings (SSSR count). The van der Waals surface area contributed by atoms with E-state index in [-0.39, 0.29) is 18.7 Å². The summed E-state index contributed by atoms with van der Waals surface area (Å²) in [6.07, 6.45) is 10.4. The number of hydrogen-bond acceptors (Lipinski definition) is 7. The largest absolute Gasteiger partial charge is 0.465 e. The molecule has 0 saturated carbocycles. The minimum Gasteiger partial charge on any atom is -0.465 e. The average molecular weight is 475 g/mol. The monoisotopic (exact) mass is 474 g/mol. The normalized spacial score (nSPS) is 23.9. The Morgan fingerprint density at radius 1 is 1.37 bits per heavy atom. The predicted octanol–water partition coefficient (Wildman–Crippen LogP) is 3.23. The van der Waals surface area contributed by atoms with E-state index in [1.54, 1.807) is 7.05 Å². The first kappa shape index (κ1) is 23.2. The predicted molar refractivity (Wildman–Crippen MR) is 130 cm³/mol. The van der Waals surface area contributed by atoms with Crippen molar-refractivity contribution in [1.29, 1.82) is 5.26 Å². The first-order valence-corrected chi connectivity index (χ1v) is 11.8. The van der Waals surface area contributed by atoms with Gasteiger partial charge in [0.05, 0.1) is 36.1 Å². The number of nitriles is 1. The summed E-state index contributed by atoms with van der Waals surface area (Å²) in [5.74, 6) is 0. The van der Waals surface area contributed by atoms with Gasteiger partial charge in [-0.25, -0.2) is 15.2 Å². The number of ether oxygens (including phenoxy) is 1. The number of rotatable bonds is 6. The number of hydrogen-bond donors (Lipinski definition) is 2. The van der Waals surface area contributed by atoms with Crippen molar-refractivity contribution in [3.05, 3.63) is 82.5 Å². The van der Waals surface area contributed by atoms with Gasteiger partial charge < -0.3 is 14.7 Å². The molecule has 2 saturated heterocycles. The van der Waals surface area contributed by atoms with E-state index in [2.05, 4.69) is 40.7 Å². The Balaban J connectivity index is 1.44. The number of allylic oxidation sites excluding steroid dienone is 1. The van der Waals surface area contributed by atoms with Gasteiger partial charge >= 0.3 is 6.09 Å². The molecule has 0 aromatic heterocycles. The standard InChI is InChI=1S/C26H30N6O3/c1-17-19(12-27)5-4-6-23(17)18(2)28-31-10-7-20(13-29(3)26(33)34)24-8-9-30(15-25(24)31)32-14-22-11-21(32)16-35-22/h4-10,15,18,21-22,28H,11,13-14,16H2,1-3H3,(H,33,34)/t18-,21-,22-/m1/s1. The van der Waals surface area contributed by atoms with E-state index < -0.39 is 6.09 Å². The molecule has 4 aliphatic rings. The molecule has 35 heavy (non-hydrogen) atoms. The van der Waals surface area contributed by atoms with E-state index in [0.29, 0.717) is 11.6 Å². The Kier molecular flexibility index (Phi) is 6.11. The number of likely N-dealkylation sites (N-methyl/N-ethyl adjacent to an activating group) is 1. The van der Waals surface area contributed by atoms with E-state index in [4.69, 9.17) is 4.74 Å². The maximum Gasteiger partial charge on any atom is 0.407 e. The van der Waals surface area contributed by atoms with Gasteiger partial charge in [-0.15, -0.1) is 0 Å². The number of carbonyl (C=O) groups is 1. The number of amides is 1. The van der Waals surface area contributed by atoms with Gasteiger partial charge in [0.25, 0.3) is 0 Å². The third-order valence-corrected chi connectivity index (χ3v) is 7.15. The van der Waals surface area contributed by atoms with Crippen molar-refractivity contribution in [2.75, 3.05) is 26.7 Å². The minimum atomic E-state index is -0.964. The zero-order chi connectivity index (χ0) is 24.7. The highest BCUT2D eigenvalue weighted by atomic mass is 16.5. The van der Waals surface area contributed by atoms with Gasteiger partial charge in [0.15, 0.2) is 0 Å². The molecule has 182 valence electrons. The van der Waals surface area contributed by atoms with Crippen molar-refractivity contribution in [2.45, 2.75) is 38.5 Å². The number of fused-ring (bicyclic) bond motifs is 3. The van der Waals surface area contributed by atoms with Crippen LogP contribution >= 0.6 is 0 Å². The molecular formula is C26H30N6O3. The fourth-order valence-corrected chi connectivity index (χ4v) is 5.19. The highest BCUT2D eigenvalue weighted by Gasteiger charge is 2.41. The second kappa shape index (κ2) is 9.23. The molecule has 9 heteroatoms. The van der Waals surface area contributed by atoms with Crippen molar-refractivity contribution in [3.8, 4) is 6.07 Å². The molecule has 2 bridgehead atoms. The molecule has 0 spiro atoms. The summed E-state index contributed by atoms with van der Waals surface area (Å²) in [5.41, 5.74) is 9.09. The summed E-state index contributed by atoms with van der Waals surface area (Å²) in [6, 6.07) is 8.34. The van der Waals surface area contributed by atoms with Gasteiger partial charge in [0.2, 0.25) is 0 Å². The van der Waals surface area contributed by atoms with Crippen LogP contribution in [0.1, 0.15) is 36.1 Å². The summed E-state index contributed by atoms with van der Waals surface area (Å²) in [6.45, 7) is 5.92. The van der Waals surface area contributed by atoms with Gasteiger partial charge in [-0.3, -0.25) is 10.0 Å². The van der Waals surface area contributed by atoms with Gasteiger partial charge in [0, 0.05) is 50.4 Å². The fourth-order valence-electron chi connectivity index (χ4n) is 5.19. The molecular weight excluding hydrogens is 444 g/mol. The van der Waals surface area contributed by atoms with Gasteiger partial charge in [-0.05, 0) is 55.2 Å². The van der Waals surface area contributed by atoms with E-state index >= 15 is 0 Å². The lowest BCUT2D eigenvalue weighted by Crippen LogP contribution is -2.47. The Labute approximate surface area is 205 Å². The molecule has 1 aromatic rings.